The van der Waals surface area contributed by atoms with E-state index in [1.165, 1.54) is 17.7 Å². The maximum absolute atomic E-state index is 12.8. The van der Waals surface area contributed by atoms with E-state index in [4.69, 9.17) is 0 Å². The van der Waals surface area contributed by atoms with Crippen molar-refractivity contribution < 1.29 is 9.18 Å². The number of likely N-dealkylation sites (N-methyl/N-ethyl adjacent to an activating group) is 1. The molecule has 2 aromatic carbocycles. The van der Waals surface area contributed by atoms with Gasteiger partial charge in [-0.3, -0.25) is 4.79 Å². The van der Waals surface area contributed by atoms with Gasteiger partial charge in [0.25, 0.3) is 0 Å². The van der Waals surface area contributed by atoms with E-state index >= 15 is 0 Å². The predicted octanol–water partition coefficient (Wildman–Crippen LogP) is 3.07. The van der Waals surface area contributed by atoms with Gasteiger partial charge in [-0.15, -0.1) is 0 Å². The quantitative estimate of drug-likeness (QED) is 0.818. The maximum atomic E-state index is 12.8. The second-order valence-electron chi connectivity index (χ2n) is 4.85. The first-order valence-corrected chi connectivity index (χ1v) is 6.67. The lowest BCUT2D eigenvalue weighted by Gasteiger charge is -2.17. The van der Waals surface area contributed by atoms with Crippen molar-refractivity contribution in [3.05, 3.63) is 71.5 Å². The Morgan fingerprint density at radius 1 is 1.00 bits per heavy atom. The van der Waals surface area contributed by atoms with Gasteiger partial charge < -0.3 is 4.90 Å². The zero-order valence-corrected chi connectivity index (χ0v) is 11.6. The molecule has 3 heteroatoms. The molecule has 2 aromatic rings. The molecule has 0 atom stereocenters. The molecule has 0 aromatic heterocycles. The minimum absolute atomic E-state index is 0.0486. The number of rotatable bonds is 5. The zero-order valence-electron chi connectivity index (χ0n) is 11.6. The highest BCUT2D eigenvalue weighted by Gasteiger charge is 2.09. The van der Waals surface area contributed by atoms with Crippen LogP contribution in [0.5, 0.6) is 0 Å². The van der Waals surface area contributed by atoms with Crippen molar-refractivity contribution in [1.29, 1.82) is 0 Å². The van der Waals surface area contributed by atoms with Crippen LogP contribution in [0.15, 0.2) is 54.6 Å². The van der Waals surface area contributed by atoms with Crippen LogP contribution in [0.3, 0.4) is 0 Å². The number of halogens is 1. The Bertz CT molecular complexity index is 551. The van der Waals surface area contributed by atoms with Gasteiger partial charge in [0.15, 0.2) is 0 Å². The van der Waals surface area contributed by atoms with E-state index in [9.17, 15) is 9.18 Å². The fraction of sp³-hybridized carbons (Fsp3) is 0.235. The lowest BCUT2D eigenvalue weighted by atomic mass is 10.1. The summed E-state index contributed by atoms with van der Waals surface area (Å²) < 4.78 is 12.8. The van der Waals surface area contributed by atoms with E-state index in [0.29, 0.717) is 13.0 Å². The standard InChI is InChI=1S/C17H18FNO/c1-19(12-11-14-5-3-2-4-6-14)17(20)13-15-7-9-16(18)10-8-15/h2-10H,11-13H2,1H3. The second-order valence-corrected chi connectivity index (χ2v) is 4.85. The fourth-order valence-electron chi connectivity index (χ4n) is 1.98. The van der Waals surface area contributed by atoms with Gasteiger partial charge in [0.1, 0.15) is 5.82 Å². The number of hydrogen-bond acceptors (Lipinski definition) is 1. The van der Waals surface area contributed by atoms with E-state index in [-0.39, 0.29) is 11.7 Å². The highest BCUT2D eigenvalue weighted by Crippen LogP contribution is 2.06. The molecule has 1 amide bonds. The zero-order chi connectivity index (χ0) is 14.4. The second kappa shape index (κ2) is 6.85. The van der Waals surface area contributed by atoms with Gasteiger partial charge in [-0.1, -0.05) is 42.5 Å². The van der Waals surface area contributed by atoms with E-state index in [1.807, 2.05) is 18.2 Å². The van der Waals surface area contributed by atoms with Gasteiger partial charge in [-0.05, 0) is 29.7 Å². The summed E-state index contributed by atoms with van der Waals surface area (Å²) in [4.78, 5) is 13.8. The Balaban J connectivity index is 1.84. The molecule has 0 heterocycles. The molecule has 20 heavy (non-hydrogen) atoms. The molecule has 0 fully saturated rings. The third kappa shape index (κ3) is 4.19. The molecule has 0 radical (unpaired) electrons. The van der Waals surface area contributed by atoms with E-state index in [0.717, 1.165) is 12.0 Å². The van der Waals surface area contributed by atoms with Crippen molar-refractivity contribution >= 4 is 5.91 Å². The molecule has 0 saturated heterocycles. The minimum Gasteiger partial charge on any atom is -0.345 e. The fourth-order valence-corrected chi connectivity index (χ4v) is 1.98. The molecule has 2 rings (SSSR count). The average molecular weight is 271 g/mol. The van der Waals surface area contributed by atoms with Crippen LogP contribution >= 0.6 is 0 Å². The molecule has 104 valence electrons. The van der Waals surface area contributed by atoms with Gasteiger partial charge in [-0.25, -0.2) is 4.39 Å². The Labute approximate surface area is 118 Å². The van der Waals surface area contributed by atoms with Crippen molar-refractivity contribution in [3.8, 4) is 0 Å². The first kappa shape index (κ1) is 14.3. The van der Waals surface area contributed by atoms with Gasteiger partial charge in [0, 0.05) is 13.6 Å². The third-order valence-electron chi connectivity index (χ3n) is 3.27. The van der Waals surface area contributed by atoms with Crippen molar-refractivity contribution in [3.63, 3.8) is 0 Å². The number of nitrogens with zero attached hydrogens (tertiary/aromatic N) is 1. The van der Waals surface area contributed by atoms with Gasteiger partial charge in [0.05, 0.1) is 6.42 Å². The first-order valence-electron chi connectivity index (χ1n) is 6.67. The molecule has 0 aliphatic heterocycles. The Hall–Kier alpha value is -2.16. The monoisotopic (exact) mass is 271 g/mol. The van der Waals surface area contributed by atoms with Crippen LogP contribution in [0.25, 0.3) is 0 Å². The smallest absolute Gasteiger partial charge is 0.226 e. The Kier molecular flexibility index (Phi) is 4.88. The average Bonchev–Trinajstić information content (AvgIpc) is 2.48. The summed E-state index contributed by atoms with van der Waals surface area (Å²) in [7, 11) is 1.80. The van der Waals surface area contributed by atoms with Crippen molar-refractivity contribution in [2.75, 3.05) is 13.6 Å². The van der Waals surface area contributed by atoms with E-state index in [1.54, 1.807) is 24.1 Å². The number of carbonyl (C=O) groups is 1. The van der Waals surface area contributed by atoms with Crippen LogP contribution in [0.2, 0.25) is 0 Å². The Morgan fingerprint density at radius 3 is 2.30 bits per heavy atom. The van der Waals surface area contributed by atoms with Gasteiger partial charge >= 0.3 is 0 Å². The largest absolute Gasteiger partial charge is 0.345 e. The lowest BCUT2D eigenvalue weighted by molar-refractivity contribution is -0.129. The topological polar surface area (TPSA) is 20.3 Å². The summed E-state index contributed by atoms with van der Waals surface area (Å²) in [5.41, 5.74) is 2.05. The molecular weight excluding hydrogens is 253 g/mol. The molecular formula is C17H18FNO. The molecule has 0 bridgehead atoms. The minimum atomic E-state index is -0.279. The number of hydrogen-bond donors (Lipinski definition) is 0. The Morgan fingerprint density at radius 2 is 1.65 bits per heavy atom. The third-order valence-corrected chi connectivity index (χ3v) is 3.27. The number of benzene rings is 2. The molecule has 0 aliphatic rings. The van der Waals surface area contributed by atoms with E-state index < -0.39 is 0 Å². The van der Waals surface area contributed by atoms with E-state index in [2.05, 4.69) is 12.1 Å². The number of amides is 1. The highest BCUT2D eigenvalue weighted by atomic mass is 19.1. The summed E-state index contributed by atoms with van der Waals surface area (Å²) in [6, 6.07) is 16.1. The lowest BCUT2D eigenvalue weighted by Crippen LogP contribution is -2.30. The van der Waals surface area contributed by atoms with Crippen LogP contribution in [-0.4, -0.2) is 24.4 Å². The van der Waals surface area contributed by atoms with Crippen LogP contribution in [0, 0.1) is 5.82 Å². The summed E-state index contributed by atoms with van der Waals surface area (Å²) in [5.74, 6) is -0.230. The molecule has 0 unspecified atom stereocenters. The number of carbonyl (C=O) groups excluding carboxylic acids is 1. The SMILES string of the molecule is CN(CCc1ccccc1)C(=O)Cc1ccc(F)cc1. The summed E-state index contributed by atoms with van der Waals surface area (Å²) in [5, 5.41) is 0. The molecule has 0 spiro atoms. The van der Waals surface area contributed by atoms with Crippen LogP contribution in [-0.2, 0) is 17.6 Å². The van der Waals surface area contributed by atoms with Gasteiger partial charge in [0.2, 0.25) is 5.91 Å². The van der Waals surface area contributed by atoms with Crippen LogP contribution < -0.4 is 0 Å². The van der Waals surface area contributed by atoms with Crippen molar-refractivity contribution in [2.45, 2.75) is 12.8 Å². The van der Waals surface area contributed by atoms with Crippen LogP contribution in [0.4, 0.5) is 4.39 Å². The van der Waals surface area contributed by atoms with Crippen molar-refractivity contribution in [2.24, 2.45) is 0 Å². The summed E-state index contributed by atoms with van der Waals surface area (Å²) >= 11 is 0. The normalized spacial score (nSPS) is 10.3. The molecule has 0 saturated carbocycles. The predicted molar refractivity (Wildman–Crippen MR) is 77.9 cm³/mol. The van der Waals surface area contributed by atoms with Gasteiger partial charge in [-0.2, -0.15) is 0 Å². The van der Waals surface area contributed by atoms with Crippen molar-refractivity contribution in [1.82, 2.24) is 4.90 Å². The summed E-state index contributed by atoms with van der Waals surface area (Å²) in [6.45, 7) is 0.685. The van der Waals surface area contributed by atoms with Crippen LogP contribution in [0.1, 0.15) is 11.1 Å². The molecule has 2 nitrogen and oxygen atoms in total. The highest BCUT2D eigenvalue weighted by molar-refractivity contribution is 5.78. The molecule has 0 N–H and O–H groups in total. The summed E-state index contributed by atoms with van der Waals surface area (Å²) in [6.07, 6.45) is 1.15. The molecule has 0 aliphatic carbocycles. The first-order chi connectivity index (χ1) is 9.65. The maximum Gasteiger partial charge on any atom is 0.226 e.